The molecule has 1 aliphatic heterocycles. The van der Waals surface area contributed by atoms with Gasteiger partial charge in [0.25, 0.3) is 11.8 Å². The summed E-state index contributed by atoms with van der Waals surface area (Å²) in [7, 11) is 1.62. The lowest BCUT2D eigenvalue weighted by Crippen LogP contribution is -2.47. The minimum atomic E-state index is -0.754. The van der Waals surface area contributed by atoms with E-state index in [-0.39, 0.29) is 23.8 Å². The molecule has 1 atom stereocenters. The largest absolute Gasteiger partial charge is 0.337 e. The van der Waals surface area contributed by atoms with Crippen molar-refractivity contribution in [2.75, 3.05) is 11.9 Å². The fraction of sp³-hybridized carbons (Fsp3) is 0.278. The predicted molar refractivity (Wildman–Crippen MR) is 97.0 cm³/mol. The van der Waals surface area contributed by atoms with Crippen molar-refractivity contribution < 1.29 is 18.4 Å². The molecule has 0 spiro atoms. The maximum Gasteiger partial charge on any atom is 0.291 e. The van der Waals surface area contributed by atoms with Crippen molar-refractivity contribution in [1.82, 2.24) is 29.9 Å². The predicted octanol–water partition coefficient (Wildman–Crippen LogP) is 0.966. The van der Waals surface area contributed by atoms with Gasteiger partial charge < -0.3 is 5.32 Å². The Balaban J connectivity index is 1.44. The lowest BCUT2D eigenvalue weighted by molar-refractivity contribution is -0.120. The minimum Gasteiger partial charge on any atom is -0.337 e. The number of hydrogen-bond donors (Lipinski definition) is 1. The van der Waals surface area contributed by atoms with Gasteiger partial charge in [-0.25, -0.2) is 23.1 Å². The molecular formula is C18H17F2N7O2. The quantitative estimate of drug-likeness (QED) is 0.703. The van der Waals surface area contributed by atoms with E-state index in [9.17, 15) is 18.4 Å². The van der Waals surface area contributed by atoms with Gasteiger partial charge in [-0.2, -0.15) is 5.10 Å². The van der Waals surface area contributed by atoms with Crippen LogP contribution >= 0.6 is 0 Å². The minimum absolute atomic E-state index is 0.0153. The fourth-order valence-corrected chi connectivity index (χ4v) is 3.16. The topological polar surface area (TPSA) is 97.9 Å². The number of carbonyl (C=O) groups is 2. The molecule has 3 heterocycles. The fourth-order valence-electron chi connectivity index (χ4n) is 3.16. The summed E-state index contributed by atoms with van der Waals surface area (Å²) < 4.78 is 29.7. The van der Waals surface area contributed by atoms with Crippen LogP contribution in [0.5, 0.6) is 0 Å². The molecule has 2 amide bonds. The molecule has 0 saturated heterocycles. The third-order valence-corrected chi connectivity index (χ3v) is 4.69. The molecule has 4 rings (SSSR count). The lowest BCUT2D eigenvalue weighted by Gasteiger charge is -2.19. The van der Waals surface area contributed by atoms with Crippen LogP contribution in [-0.4, -0.2) is 49.4 Å². The van der Waals surface area contributed by atoms with Crippen molar-refractivity contribution >= 4 is 17.6 Å². The lowest BCUT2D eigenvalue weighted by atomic mass is 10.2. The summed E-state index contributed by atoms with van der Waals surface area (Å²) in [6.07, 6.45) is 3.25. The zero-order valence-electron chi connectivity index (χ0n) is 15.4. The second kappa shape index (κ2) is 7.41. The molecule has 1 aliphatic rings. The highest BCUT2D eigenvalue weighted by atomic mass is 19.1. The van der Waals surface area contributed by atoms with E-state index in [1.165, 1.54) is 22.0 Å². The number of hydrogen-bond acceptors (Lipinski definition) is 5. The summed E-state index contributed by atoms with van der Waals surface area (Å²) in [6, 6.07) is 4.19. The average Bonchev–Trinajstić information content (AvgIpc) is 3.33. The molecule has 0 fully saturated rings. The first-order chi connectivity index (χ1) is 13.9. The molecule has 1 aromatic carbocycles. The Bertz CT molecular complexity index is 1080. The van der Waals surface area contributed by atoms with Gasteiger partial charge in [0.15, 0.2) is 0 Å². The van der Waals surface area contributed by atoms with Gasteiger partial charge in [0.1, 0.15) is 29.8 Å². The van der Waals surface area contributed by atoms with Crippen molar-refractivity contribution in [1.29, 1.82) is 0 Å². The number of aryl methyl sites for hydroxylation is 1. The van der Waals surface area contributed by atoms with Gasteiger partial charge in [-0.3, -0.25) is 14.5 Å². The number of rotatable bonds is 4. The Labute approximate surface area is 163 Å². The summed E-state index contributed by atoms with van der Waals surface area (Å²) in [5.41, 5.74) is 0.207. The van der Waals surface area contributed by atoms with E-state index >= 15 is 0 Å². The smallest absolute Gasteiger partial charge is 0.291 e. The van der Waals surface area contributed by atoms with Crippen molar-refractivity contribution in [2.45, 2.75) is 25.6 Å². The summed E-state index contributed by atoms with van der Waals surface area (Å²) in [5, 5.41) is 10.8. The van der Waals surface area contributed by atoms with Crippen LogP contribution in [0.3, 0.4) is 0 Å². The molecule has 9 nitrogen and oxygen atoms in total. The molecule has 29 heavy (non-hydrogen) atoms. The number of nitrogens with one attached hydrogen (secondary N) is 1. The summed E-state index contributed by atoms with van der Waals surface area (Å²) in [5.74, 6) is -1.78. The molecule has 150 valence electrons. The number of fused-ring (bicyclic) bond motifs is 1. The first-order valence-electron chi connectivity index (χ1n) is 8.86. The number of anilines is 1. The van der Waals surface area contributed by atoms with E-state index in [0.29, 0.717) is 18.8 Å². The van der Waals surface area contributed by atoms with Gasteiger partial charge >= 0.3 is 0 Å². The van der Waals surface area contributed by atoms with Crippen LogP contribution in [-0.2, 0) is 17.9 Å². The number of halogens is 2. The standard InChI is InChI=1S/C18H17F2N7O2/c1-25-15-4-6-22-27(15)7-5-14(18(25)29)23-17(28)16-21-10-26(24-16)9-11-2-3-12(19)8-13(11)20/h2-4,6,8,10,14H,5,7,9H2,1H3,(H,23,28). The zero-order valence-corrected chi connectivity index (χ0v) is 15.4. The third-order valence-electron chi connectivity index (χ3n) is 4.69. The Morgan fingerprint density at radius 3 is 2.93 bits per heavy atom. The van der Waals surface area contributed by atoms with E-state index in [4.69, 9.17) is 0 Å². The summed E-state index contributed by atoms with van der Waals surface area (Å²) in [6.45, 7) is 0.452. The molecule has 0 aliphatic carbocycles. The third kappa shape index (κ3) is 3.71. The van der Waals surface area contributed by atoms with E-state index in [1.807, 2.05) is 0 Å². The van der Waals surface area contributed by atoms with E-state index < -0.39 is 23.6 Å². The van der Waals surface area contributed by atoms with Gasteiger partial charge in [0, 0.05) is 31.3 Å². The van der Waals surface area contributed by atoms with Crippen molar-refractivity contribution in [3.05, 3.63) is 59.8 Å². The maximum absolute atomic E-state index is 13.8. The molecule has 1 N–H and O–H groups in total. The van der Waals surface area contributed by atoms with E-state index in [1.54, 1.807) is 24.0 Å². The van der Waals surface area contributed by atoms with Crippen LogP contribution in [0.2, 0.25) is 0 Å². The van der Waals surface area contributed by atoms with Crippen molar-refractivity contribution in [3.63, 3.8) is 0 Å². The van der Waals surface area contributed by atoms with Gasteiger partial charge in [-0.05, 0) is 12.5 Å². The molecule has 0 radical (unpaired) electrons. The van der Waals surface area contributed by atoms with Crippen LogP contribution in [0, 0.1) is 11.6 Å². The number of likely N-dealkylation sites (N-methyl/N-ethyl adjacent to an activating group) is 1. The Hall–Kier alpha value is -3.63. The normalized spacial score (nSPS) is 16.4. The number of aromatic nitrogens is 5. The Kier molecular flexibility index (Phi) is 4.79. The van der Waals surface area contributed by atoms with E-state index in [0.717, 1.165) is 12.1 Å². The first-order valence-corrected chi connectivity index (χ1v) is 8.86. The number of nitrogens with zero attached hydrogens (tertiary/aromatic N) is 6. The molecule has 11 heteroatoms. The van der Waals surface area contributed by atoms with Gasteiger partial charge in [-0.1, -0.05) is 6.07 Å². The van der Waals surface area contributed by atoms with Crippen LogP contribution in [0.15, 0.2) is 36.8 Å². The number of amides is 2. The van der Waals surface area contributed by atoms with Gasteiger partial charge in [0.05, 0.1) is 12.7 Å². The molecule has 3 aromatic rings. The second-order valence-electron chi connectivity index (χ2n) is 6.63. The maximum atomic E-state index is 13.8. The molecule has 0 bridgehead atoms. The highest BCUT2D eigenvalue weighted by Gasteiger charge is 2.30. The van der Waals surface area contributed by atoms with Crippen LogP contribution in [0.4, 0.5) is 14.6 Å². The Morgan fingerprint density at radius 2 is 2.14 bits per heavy atom. The highest BCUT2D eigenvalue weighted by Crippen LogP contribution is 2.19. The first kappa shape index (κ1) is 18.7. The van der Waals surface area contributed by atoms with Crippen molar-refractivity contribution in [3.8, 4) is 0 Å². The molecular weight excluding hydrogens is 384 g/mol. The second-order valence-corrected chi connectivity index (χ2v) is 6.63. The van der Waals surface area contributed by atoms with Crippen LogP contribution < -0.4 is 10.2 Å². The zero-order chi connectivity index (χ0) is 20.5. The number of benzene rings is 1. The van der Waals surface area contributed by atoms with Crippen molar-refractivity contribution in [2.24, 2.45) is 0 Å². The SMILES string of the molecule is CN1C(=O)C(NC(=O)c2ncn(Cc3ccc(F)cc3F)n2)CCn2nccc21. The van der Waals surface area contributed by atoms with E-state index in [2.05, 4.69) is 20.5 Å². The average molecular weight is 401 g/mol. The highest BCUT2D eigenvalue weighted by molar-refractivity contribution is 6.00. The summed E-state index contributed by atoms with van der Waals surface area (Å²) >= 11 is 0. The van der Waals surface area contributed by atoms with Crippen LogP contribution in [0.25, 0.3) is 0 Å². The van der Waals surface area contributed by atoms with Crippen LogP contribution in [0.1, 0.15) is 22.6 Å². The Morgan fingerprint density at radius 1 is 1.31 bits per heavy atom. The summed E-state index contributed by atoms with van der Waals surface area (Å²) in [4.78, 5) is 30.5. The van der Waals surface area contributed by atoms with Gasteiger partial charge in [0.2, 0.25) is 5.82 Å². The van der Waals surface area contributed by atoms with Gasteiger partial charge in [-0.15, -0.1) is 5.10 Å². The monoisotopic (exact) mass is 401 g/mol. The molecule has 0 saturated carbocycles. The number of carbonyl (C=O) groups excluding carboxylic acids is 2. The molecule has 2 aromatic heterocycles. The molecule has 1 unspecified atom stereocenters.